The summed E-state index contributed by atoms with van der Waals surface area (Å²) in [5.74, 6) is -0.815. The third-order valence-electron chi connectivity index (χ3n) is 16.7. The number of carbonyl (C=O) groups is 2. The Morgan fingerprint density at radius 1 is 0.364 bits per heavy atom. The van der Waals surface area contributed by atoms with Gasteiger partial charge in [-0.25, -0.2) is 0 Å². The van der Waals surface area contributed by atoms with Gasteiger partial charge in [-0.2, -0.15) is 0 Å². The first kappa shape index (κ1) is 85.5. The Balaban J connectivity index is 3.93. The number of rotatable bonds is 70. The number of ether oxygens (including phenoxy) is 2. The van der Waals surface area contributed by atoms with E-state index in [0.717, 1.165) is 64.2 Å². The molecule has 2 unspecified atom stereocenters. The molecule has 10 heteroatoms. The largest absolute Gasteiger partial charge is 0.756 e. The second-order valence-corrected chi connectivity index (χ2v) is 28.0. The minimum atomic E-state index is -4.64. The zero-order valence-corrected chi connectivity index (χ0v) is 59.6. The number of likely N-dealkylation sites (N-methyl/N-ethyl adjacent to an activating group) is 1. The molecule has 0 N–H and O–H groups in total. The van der Waals surface area contributed by atoms with Crippen molar-refractivity contribution in [2.24, 2.45) is 0 Å². The van der Waals surface area contributed by atoms with Gasteiger partial charge < -0.3 is 27.9 Å². The van der Waals surface area contributed by atoms with Gasteiger partial charge in [-0.05, 0) is 83.5 Å². The monoisotopic (exact) mass is 1250 g/mol. The molecule has 0 aliphatic rings. The first-order valence-corrected chi connectivity index (χ1v) is 39.1. The molecular weight excluding hydrogens is 1110 g/mol. The van der Waals surface area contributed by atoms with E-state index in [-0.39, 0.29) is 32.0 Å². The molecule has 0 aromatic rings. The summed E-state index contributed by atoms with van der Waals surface area (Å²) in [6.45, 7) is 4.18. The highest BCUT2D eigenvalue weighted by atomic mass is 31.2. The molecule has 0 radical (unpaired) electrons. The Kier molecular flexibility index (Phi) is 66.8. The third-order valence-corrected chi connectivity index (χ3v) is 17.7. The molecule has 0 rings (SSSR count). The Morgan fingerprint density at radius 3 is 0.977 bits per heavy atom. The molecule has 2 atom stereocenters. The van der Waals surface area contributed by atoms with Gasteiger partial charge in [0.25, 0.3) is 7.82 Å². The van der Waals surface area contributed by atoms with Crippen molar-refractivity contribution in [3.05, 3.63) is 72.9 Å². The number of phosphoric acid groups is 1. The summed E-state index contributed by atoms with van der Waals surface area (Å²) in [6, 6.07) is 0. The molecule has 0 fully saturated rings. The standard InChI is InChI=1S/C78H144NO8P/c1-6-8-10-12-14-16-18-20-22-24-26-28-30-32-33-34-35-36-37-38-39-40-41-42-43-44-45-47-49-51-53-55-57-59-61-63-65-67-69-71-78(81)87-76(75-86-88(82,83)85-73-72-79(3,4)5)74-84-77(80)70-68-66-64-62-60-58-56-54-52-50-48-46-31-29-27-25-23-21-19-17-15-13-11-9-7-2/h8,10,14,16,20,22,25-28,32-33,76H,6-7,9,11-13,15,17-19,21,23-24,29-31,34-75H2,1-5H3/b10-8-,16-14-,22-20-,27-25-,28-26-,33-32-. The van der Waals surface area contributed by atoms with E-state index >= 15 is 0 Å². The van der Waals surface area contributed by atoms with Gasteiger partial charge in [-0.1, -0.05) is 337 Å². The number of hydrogen-bond acceptors (Lipinski definition) is 8. The molecular formula is C78H144NO8P. The molecule has 0 spiro atoms. The van der Waals surface area contributed by atoms with Crippen LogP contribution in [0, 0.1) is 0 Å². The lowest BCUT2D eigenvalue weighted by atomic mass is 10.0. The lowest BCUT2D eigenvalue weighted by molar-refractivity contribution is -0.870. The number of nitrogens with zero attached hydrogens (tertiary/aromatic N) is 1. The fraction of sp³-hybridized carbons (Fsp3) is 0.821. The molecule has 0 bridgehead atoms. The molecule has 88 heavy (non-hydrogen) atoms. The Morgan fingerprint density at radius 2 is 0.648 bits per heavy atom. The van der Waals surface area contributed by atoms with Crippen LogP contribution in [-0.4, -0.2) is 70.0 Å². The second-order valence-electron chi connectivity index (χ2n) is 26.6. The lowest BCUT2D eigenvalue weighted by Gasteiger charge is -2.28. The van der Waals surface area contributed by atoms with Crippen LogP contribution in [0.3, 0.4) is 0 Å². The van der Waals surface area contributed by atoms with E-state index in [1.54, 1.807) is 0 Å². The summed E-state index contributed by atoms with van der Waals surface area (Å²) >= 11 is 0. The Bertz CT molecular complexity index is 1710. The van der Waals surface area contributed by atoms with Gasteiger partial charge in [0.2, 0.25) is 0 Å². The molecule has 0 aromatic carbocycles. The molecule has 0 amide bonds. The van der Waals surface area contributed by atoms with Gasteiger partial charge >= 0.3 is 11.9 Å². The van der Waals surface area contributed by atoms with Gasteiger partial charge in [0.15, 0.2) is 6.10 Å². The van der Waals surface area contributed by atoms with Crippen LogP contribution < -0.4 is 4.89 Å². The highest BCUT2D eigenvalue weighted by molar-refractivity contribution is 7.45. The van der Waals surface area contributed by atoms with Gasteiger partial charge in [0, 0.05) is 12.8 Å². The number of hydrogen-bond donors (Lipinski definition) is 0. The maximum Gasteiger partial charge on any atom is 0.306 e. The van der Waals surface area contributed by atoms with Crippen LogP contribution in [0.5, 0.6) is 0 Å². The van der Waals surface area contributed by atoms with Crippen molar-refractivity contribution in [2.45, 2.75) is 367 Å². The van der Waals surface area contributed by atoms with E-state index in [2.05, 4.69) is 86.8 Å². The van der Waals surface area contributed by atoms with Crippen LogP contribution in [0.2, 0.25) is 0 Å². The van der Waals surface area contributed by atoms with Gasteiger partial charge in [0.1, 0.15) is 19.8 Å². The summed E-state index contributed by atoms with van der Waals surface area (Å²) < 4.78 is 34.4. The van der Waals surface area contributed by atoms with Gasteiger partial charge in [0.05, 0.1) is 27.7 Å². The predicted octanol–water partition coefficient (Wildman–Crippen LogP) is 24.1. The second kappa shape index (κ2) is 68.8. The predicted molar refractivity (Wildman–Crippen MR) is 379 cm³/mol. The van der Waals surface area contributed by atoms with E-state index in [4.69, 9.17) is 18.5 Å². The average Bonchev–Trinajstić information content (AvgIpc) is 3.68. The number of carbonyl (C=O) groups excluding carboxylic acids is 2. The SMILES string of the molecule is CC/C=C\C/C=C\C/C=C\C/C=C\C/C=C\CCCCCCCCCCCCCCCCCCCCCCCCCC(=O)OC(COC(=O)CCCCCCCCCCCCCCC/C=C\CCCCCCCCCC)COP(=O)([O-])OCC[N+](C)(C)C. The van der Waals surface area contributed by atoms with Gasteiger partial charge in [-0.3, -0.25) is 14.2 Å². The smallest absolute Gasteiger partial charge is 0.306 e. The van der Waals surface area contributed by atoms with E-state index in [9.17, 15) is 19.0 Å². The van der Waals surface area contributed by atoms with Crippen molar-refractivity contribution in [1.29, 1.82) is 0 Å². The van der Waals surface area contributed by atoms with E-state index in [1.165, 1.54) is 263 Å². The van der Waals surface area contributed by atoms with E-state index in [0.29, 0.717) is 17.4 Å². The van der Waals surface area contributed by atoms with Crippen molar-refractivity contribution in [2.75, 3.05) is 47.5 Å². The van der Waals surface area contributed by atoms with Crippen molar-refractivity contribution in [3.8, 4) is 0 Å². The molecule has 0 aliphatic carbocycles. The topological polar surface area (TPSA) is 111 Å². The van der Waals surface area contributed by atoms with Crippen LogP contribution in [0.25, 0.3) is 0 Å². The summed E-state index contributed by atoms with van der Waals surface area (Å²) in [5, 5.41) is 0. The summed E-state index contributed by atoms with van der Waals surface area (Å²) in [5.41, 5.74) is 0. The average molecular weight is 1250 g/mol. The van der Waals surface area contributed by atoms with Crippen LogP contribution >= 0.6 is 7.82 Å². The minimum absolute atomic E-state index is 0.0294. The molecule has 0 aliphatic heterocycles. The van der Waals surface area contributed by atoms with Crippen molar-refractivity contribution in [3.63, 3.8) is 0 Å². The normalized spacial score (nSPS) is 13.5. The van der Waals surface area contributed by atoms with Crippen LogP contribution in [0.15, 0.2) is 72.9 Å². The fourth-order valence-corrected chi connectivity index (χ4v) is 11.7. The van der Waals surface area contributed by atoms with Crippen molar-refractivity contribution < 1.29 is 42.1 Å². The van der Waals surface area contributed by atoms with E-state index in [1.807, 2.05) is 21.1 Å². The maximum atomic E-state index is 12.9. The van der Waals surface area contributed by atoms with Crippen LogP contribution in [-0.2, 0) is 32.7 Å². The molecule has 0 saturated carbocycles. The number of quaternary nitrogens is 1. The Hall–Kier alpha value is -2.55. The molecule has 0 heterocycles. The van der Waals surface area contributed by atoms with E-state index < -0.39 is 26.5 Å². The first-order valence-electron chi connectivity index (χ1n) is 37.6. The minimum Gasteiger partial charge on any atom is -0.756 e. The number of esters is 2. The summed E-state index contributed by atoms with van der Waals surface area (Å²) in [4.78, 5) is 38.1. The van der Waals surface area contributed by atoms with Crippen molar-refractivity contribution in [1.82, 2.24) is 0 Å². The molecule has 0 aromatic heterocycles. The van der Waals surface area contributed by atoms with Crippen LogP contribution in [0.1, 0.15) is 361 Å². The number of allylic oxidation sites excluding steroid dienone is 12. The van der Waals surface area contributed by atoms with Crippen LogP contribution in [0.4, 0.5) is 0 Å². The summed E-state index contributed by atoms with van der Waals surface area (Å²) in [7, 11) is 1.18. The molecule has 9 nitrogen and oxygen atoms in total. The number of phosphoric ester groups is 1. The van der Waals surface area contributed by atoms with Crippen molar-refractivity contribution >= 4 is 19.8 Å². The van der Waals surface area contributed by atoms with Gasteiger partial charge in [-0.15, -0.1) is 0 Å². The fourth-order valence-electron chi connectivity index (χ4n) is 11.0. The summed E-state index contributed by atoms with van der Waals surface area (Å²) in [6.07, 6.45) is 92.9. The maximum absolute atomic E-state index is 12.9. The zero-order valence-electron chi connectivity index (χ0n) is 58.7. The first-order chi connectivity index (χ1) is 43.0. The number of unbranched alkanes of at least 4 members (excludes halogenated alkanes) is 44. The lowest BCUT2D eigenvalue weighted by Crippen LogP contribution is -2.37. The quantitative estimate of drug-likeness (QED) is 0.0195. The highest BCUT2D eigenvalue weighted by Gasteiger charge is 2.22. The third kappa shape index (κ3) is 72.5. The molecule has 0 saturated heterocycles. The highest BCUT2D eigenvalue weighted by Crippen LogP contribution is 2.38. The molecule has 514 valence electrons. The Labute approximate surface area is 546 Å². The zero-order chi connectivity index (χ0) is 64.1.